The molecular formula is C44H44N2O6. The molecule has 2 aliphatic heterocycles. The quantitative estimate of drug-likeness (QED) is 0.115. The molecule has 0 saturated heterocycles. The topological polar surface area (TPSA) is 93.2 Å². The fraction of sp³-hybridized carbons (Fsp3) is 0.273. The third-order valence-electron chi connectivity index (χ3n) is 9.11. The third kappa shape index (κ3) is 7.61. The molecular weight excluding hydrogens is 652 g/mol. The maximum absolute atomic E-state index is 12.4. The highest BCUT2D eigenvalue weighted by atomic mass is 16.5. The van der Waals surface area contributed by atoms with E-state index in [2.05, 4.69) is 52.0 Å². The number of carbonyl (C=O) groups excluding carboxylic acids is 4. The number of amides is 4. The van der Waals surface area contributed by atoms with Crippen molar-refractivity contribution in [3.8, 4) is 34.1 Å². The molecule has 0 aromatic heterocycles. The van der Waals surface area contributed by atoms with E-state index < -0.39 is 0 Å². The zero-order chi connectivity index (χ0) is 36.8. The molecule has 0 aliphatic carbocycles. The van der Waals surface area contributed by atoms with Crippen LogP contribution in [0.2, 0.25) is 0 Å². The molecule has 2 heterocycles. The lowest BCUT2D eigenvalue weighted by molar-refractivity contribution is -0.121. The molecule has 2 aliphatic rings. The second-order valence-corrected chi connectivity index (χ2v) is 13.1. The normalized spacial score (nSPS) is 13.9. The van der Waals surface area contributed by atoms with Gasteiger partial charge >= 0.3 is 0 Å². The van der Waals surface area contributed by atoms with Crippen LogP contribution < -0.4 is 19.3 Å². The minimum Gasteiger partial charge on any atom is -0.457 e. The predicted molar refractivity (Wildman–Crippen MR) is 204 cm³/mol. The number of ether oxygens (including phenoxy) is 2. The van der Waals surface area contributed by atoms with Gasteiger partial charge in [-0.1, -0.05) is 65.5 Å². The van der Waals surface area contributed by atoms with Crippen LogP contribution in [0.5, 0.6) is 23.0 Å². The van der Waals surface area contributed by atoms with E-state index in [4.69, 9.17) is 9.47 Å². The highest BCUT2D eigenvalue weighted by Crippen LogP contribution is 2.41. The summed E-state index contributed by atoms with van der Waals surface area (Å²) in [5.41, 5.74) is 7.53. The number of carbonyl (C=O) groups is 4. The van der Waals surface area contributed by atoms with Gasteiger partial charge in [0, 0.05) is 36.4 Å². The Hall–Kier alpha value is -5.76. The molecule has 4 aromatic carbocycles. The van der Waals surface area contributed by atoms with E-state index in [1.807, 2.05) is 12.1 Å². The summed E-state index contributed by atoms with van der Waals surface area (Å²) < 4.78 is 13.3. The molecule has 6 rings (SSSR count). The first-order chi connectivity index (χ1) is 25.2. The zero-order valence-corrected chi connectivity index (χ0v) is 30.2. The third-order valence-corrected chi connectivity index (χ3v) is 9.11. The Balaban J connectivity index is 1.38. The number of benzene rings is 4. The smallest absolute Gasteiger partial charge is 0.258 e. The van der Waals surface area contributed by atoms with Crippen molar-refractivity contribution in [2.45, 2.75) is 79.1 Å². The van der Waals surface area contributed by atoms with Gasteiger partial charge in [0.25, 0.3) is 23.6 Å². The maximum Gasteiger partial charge on any atom is 0.258 e. The summed E-state index contributed by atoms with van der Waals surface area (Å²) in [6.07, 6.45) is 12.1. The van der Waals surface area contributed by atoms with Crippen LogP contribution in [0.1, 0.15) is 75.6 Å². The molecule has 8 heteroatoms. The minimum absolute atomic E-state index is 0.368. The Morgan fingerprint density at radius 1 is 0.442 bits per heavy atom. The highest BCUT2D eigenvalue weighted by molar-refractivity contribution is 6.28. The van der Waals surface area contributed by atoms with Gasteiger partial charge in [0.1, 0.15) is 23.0 Å². The lowest BCUT2D eigenvalue weighted by atomic mass is 9.91. The molecule has 0 atom stereocenters. The number of rotatable bonds is 15. The average molecular weight is 697 g/mol. The summed E-state index contributed by atoms with van der Waals surface area (Å²) in [6.45, 7) is 8.61. The Morgan fingerprint density at radius 3 is 1.04 bits per heavy atom. The van der Waals surface area contributed by atoms with Crippen LogP contribution in [0.15, 0.2) is 97.1 Å². The van der Waals surface area contributed by atoms with Crippen molar-refractivity contribution < 1.29 is 28.7 Å². The molecule has 0 radical (unpaired) electrons. The number of aryl methyl sites for hydroxylation is 4. The fourth-order valence-electron chi connectivity index (χ4n) is 6.84. The first kappa shape index (κ1) is 36.0. The summed E-state index contributed by atoms with van der Waals surface area (Å²) >= 11 is 0. The first-order valence-electron chi connectivity index (χ1n) is 18.2. The monoisotopic (exact) mass is 696 g/mol. The van der Waals surface area contributed by atoms with Crippen molar-refractivity contribution in [1.82, 2.24) is 0 Å². The number of nitrogens with zero attached hydrogens (tertiary/aromatic N) is 2. The van der Waals surface area contributed by atoms with Crippen LogP contribution >= 0.6 is 0 Å². The lowest BCUT2D eigenvalue weighted by Crippen LogP contribution is -2.29. The highest BCUT2D eigenvalue weighted by Gasteiger charge is 2.27. The Morgan fingerprint density at radius 2 is 0.750 bits per heavy atom. The van der Waals surface area contributed by atoms with E-state index in [1.165, 1.54) is 24.3 Å². The van der Waals surface area contributed by atoms with Gasteiger partial charge in [-0.3, -0.25) is 19.2 Å². The van der Waals surface area contributed by atoms with Crippen molar-refractivity contribution in [3.05, 3.63) is 119 Å². The summed E-state index contributed by atoms with van der Waals surface area (Å²) in [6, 6.07) is 23.1. The summed E-state index contributed by atoms with van der Waals surface area (Å²) in [5.74, 6) is 1.27. The Kier molecular flexibility index (Phi) is 11.1. The molecule has 4 aromatic rings. The van der Waals surface area contributed by atoms with Crippen molar-refractivity contribution in [3.63, 3.8) is 0 Å². The van der Waals surface area contributed by atoms with Crippen LogP contribution in [0.3, 0.4) is 0 Å². The molecule has 0 bridgehead atoms. The number of imide groups is 2. The first-order valence-corrected chi connectivity index (χ1v) is 18.2. The number of anilines is 2. The van der Waals surface area contributed by atoms with Gasteiger partial charge in [0.05, 0.1) is 11.4 Å². The molecule has 0 unspecified atom stereocenters. The summed E-state index contributed by atoms with van der Waals surface area (Å²) in [5, 5.41) is 0. The van der Waals surface area contributed by atoms with E-state index in [1.54, 1.807) is 36.4 Å². The Labute approximate surface area is 305 Å². The number of hydrogen-bond donors (Lipinski definition) is 0. The summed E-state index contributed by atoms with van der Waals surface area (Å²) in [7, 11) is 0. The second-order valence-electron chi connectivity index (χ2n) is 13.1. The van der Waals surface area contributed by atoms with Crippen molar-refractivity contribution in [2.24, 2.45) is 0 Å². The van der Waals surface area contributed by atoms with Gasteiger partial charge in [-0.2, -0.15) is 0 Å². The van der Waals surface area contributed by atoms with E-state index in [0.29, 0.717) is 22.9 Å². The van der Waals surface area contributed by atoms with Gasteiger partial charge in [-0.25, -0.2) is 9.80 Å². The van der Waals surface area contributed by atoms with E-state index in [9.17, 15) is 19.2 Å². The van der Waals surface area contributed by atoms with Crippen molar-refractivity contribution in [1.29, 1.82) is 0 Å². The average Bonchev–Trinajstić information content (AvgIpc) is 3.65. The van der Waals surface area contributed by atoms with Crippen molar-refractivity contribution in [2.75, 3.05) is 9.80 Å². The molecule has 4 amide bonds. The maximum atomic E-state index is 12.4. The van der Waals surface area contributed by atoms with E-state index in [0.717, 1.165) is 106 Å². The Bertz CT molecular complexity index is 1860. The van der Waals surface area contributed by atoms with Crippen LogP contribution in [0.4, 0.5) is 11.4 Å². The standard InChI is InChI=1S/C44H44N2O6/c1-5-11-29-23-33(24-30(12-6-2)43(29)51-37-17-9-15-35(27-37)45-39(47)19-20-40(45)48)34-25-31(13-7-3)44(32(26-34)14-8-4)52-38-18-10-16-36(28-38)46-41(49)21-22-42(46)50/h9-10,15-28H,5-8,11-14H2,1-4H3. The largest absolute Gasteiger partial charge is 0.457 e. The van der Waals surface area contributed by atoms with Crippen LogP contribution in [0, 0.1) is 0 Å². The molecule has 0 fully saturated rings. The predicted octanol–water partition coefficient (Wildman–Crippen LogP) is 9.61. The fourth-order valence-corrected chi connectivity index (χ4v) is 6.84. The molecule has 0 saturated carbocycles. The number of hydrogen-bond acceptors (Lipinski definition) is 6. The minimum atomic E-state index is -0.368. The van der Waals surface area contributed by atoms with Crippen LogP contribution in [-0.2, 0) is 44.9 Å². The van der Waals surface area contributed by atoms with E-state index >= 15 is 0 Å². The van der Waals surface area contributed by atoms with Gasteiger partial charge < -0.3 is 9.47 Å². The van der Waals surface area contributed by atoms with Gasteiger partial charge in [0.2, 0.25) is 0 Å². The van der Waals surface area contributed by atoms with Gasteiger partial charge in [0.15, 0.2) is 0 Å². The van der Waals surface area contributed by atoms with Gasteiger partial charge in [-0.05, 0) is 108 Å². The molecule has 0 N–H and O–H groups in total. The SMILES string of the molecule is CCCc1cc(-c2cc(CCC)c(Oc3cccc(N4C(=O)C=CC4=O)c3)c(CCC)c2)cc(CCC)c1Oc1cccc(N2C(=O)C=CC2=O)c1. The van der Waals surface area contributed by atoms with Crippen LogP contribution in [-0.4, -0.2) is 23.6 Å². The lowest BCUT2D eigenvalue weighted by Gasteiger charge is -2.21. The molecule has 266 valence electrons. The van der Waals surface area contributed by atoms with Gasteiger partial charge in [-0.15, -0.1) is 0 Å². The molecule has 0 spiro atoms. The van der Waals surface area contributed by atoms with Crippen LogP contribution in [0.25, 0.3) is 11.1 Å². The van der Waals surface area contributed by atoms with E-state index in [-0.39, 0.29) is 23.6 Å². The molecule has 8 nitrogen and oxygen atoms in total. The zero-order valence-electron chi connectivity index (χ0n) is 30.2. The summed E-state index contributed by atoms with van der Waals surface area (Å²) in [4.78, 5) is 51.8. The molecule has 52 heavy (non-hydrogen) atoms. The second kappa shape index (κ2) is 16.1. The van der Waals surface area contributed by atoms with Crippen molar-refractivity contribution >= 4 is 35.0 Å².